The molecule has 2 fully saturated rings. The topological polar surface area (TPSA) is 74.8 Å². The van der Waals surface area contributed by atoms with E-state index in [2.05, 4.69) is 27.7 Å². The summed E-state index contributed by atoms with van der Waals surface area (Å²) in [5, 5.41) is 0. The summed E-state index contributed by atoms with van der Waals surface area (Å²) in [5.41, 5.74) is 0. The van der Waals surface area contributed by atoms with E-state index in [1.54, 1.807) is 7.05 Å². The molecule has 0 N–H and O–H groups in total. The Balaban J connectivity index is 0.000000291. The lowest BCUT2D eigenvalue weighted by atomic mass is 9.81. The molecule has 0 radical (unpaired) electrons. The molecule has 166 valence electrons. The predicted octanol–water partition coefficient (Wildman–Crippen LogP) is 3.74. The Hall–Kier alpha value is -1.72. The molecule has 6 heteroatoms. The Morgan fingerprint density at radius 3 is 1.69 bits per heavy atom. The molecular formula is C23H40N2O4. The SMILES string of the molecule is CC(C)CC1C(=O)N(C)C(=O)C1C(C)C.CC(C)CC1CC(=O)N(C(C)C)C1=O. The second kappa shape index (κ2) is 10.4. The molecule has 4 amide bonds. The van der Waals surface area contributed by atoms with Crippen LogP contribution in [0.25, 0.3) is 0 Å². The number of hydrogen-bond donors (Lipinski definition) is 0. The summed E-state index contributed by atoms with van der Waals surface area (Å²) in [6.45, 7) is 16.1. The van der Waals surface area contributed by atoms with E-state index in [1.807, 2.05) is 27.7 Å². The zero-order valence-corrected chi connectivity index (χ0v) is 19.7. The van der Waals surface area contributed by atoms with Gasteiger partial charge in [0.25, 0.3) is 0 Å². The average Bonchev–Trinajstić information content (AvgIpc) is 2.95. The summed E-state index contributed by atoms with van der Waals surface area (Å²) < 4.78 is 0. The molecule has 2 aliphatic rings. The van der Waals surface area contributed by atoms with Crippen LogP contribution >= 0.6 is 0 Å². The van der Waals surface area contributed by atoms with Crippen molar-refractivity contribution < 1.29 is 19.2 Å². The number of hydrogen-bond acceptors (Lipinski definition) is 4. The molecule has 0 saturated carbocycles. The van der Waals surface area contributed by atoms with Crippen LogP contribution in [0.2, 0.25) is 0 Å². The van der Waals surface area contributed by atoms with Crippen molar-refractivity contribution in [1.82, 2.24) is 9.80 Å². The average molecular weight is 409 g/mol. The smallest absolute Gasteiger partial charge is 0.233 e. The minimum atomic E-state index is -0.107. The molecule has 0 aromatic heterocycles. The first kappa shape index (κ1) is 25.3. The van der Waals surface area contributed by atoms with E-state index in [-0.39, 0.29) is 53.3 Å². The summed E-state index contributed by atoms with van der Waals surface area (Å²) >= 11 is 0. The predicted molar refractivity (Wildman–Crippen MR) is 114 cm³/mol. The molecule has 2 heterocycles. The number of carbonyl (C=O) groups is 4. The Morgan fingerprint density at radius 1 is 0.793 bits per heavy atom. The van der Waals surface area contributed by atoms with Crippen molar-refractivity contribution in [3.8, 4) is 0 Å². The van der Waals surface area contributed by atoms with Crippen LogP contribution in [-0.4, -0.2) is 46.5 Å². The van der Waals surface area contributed by atoms with E-state index in [0.717, 1.165) is 12.8 Å². The lowest BCUT2D eigenvalue weighted by molar-refractivity contribution is -0.142. The second-order valence-corrected chi connectivity index (χ2v) is 9.97. The molecular weight excluding hydrogens is 368 g/mol. The largest absolute Gasteiger partial charge is 0.285 e. The van der Waals surface area contributed by atoms with Gasteiger partial charge in [-0.15, -0.1) is 0 Å². The van der Waals surface area contributed by atoms with E-state index in [4.69, 9.17) is 0 Å². The van der Waals surface area contributed by atoms with Crippen molar-refractivity contribution in [2.24, 2.45) is 35.5 Å². The van der Waals surface area contributed by atoms with Crippen LogP contribution in [-0.2, 0) is 19.2 Å². The number of carbonyl (C=O) groups excluding carboxylic acids is 4. The minimum absolute atomic E-state index is 0.000602. The fraction of sp³-hybridized carbons (Fsp3) is 0.826. The van der Waals surface area contributed by atoms with Crippen LogP contribution in [0.1, 0.15) is 74.7 Å². The van der Waals surface area contributed by atoms with Gasteiger partial charge < -0.3 is 0 Å². The van der Waals surface area contributed by atoms with Gasteiger partial charge in [0.1, 0.15) is 0 Å². The van der Waals surface area contributed by atoms with E-state index < -0.39 is 0 Å². The molecule has 29 heavy (non-hydrogen) atoms. The summed E-state index contributed by atoms with van der Waals surface area (Å²) in [6, 6.07) is 0.00663. The zero-order valence-electron chi connectivity index (χ0n) is 19.7. The van der Waals surface area contributed by atoms with Gasteiger partial charge in [-0.05, 0) is 44.4 Å². The number of likely N-dealkylation sites (tertiary alicyclic amines) is 2. The normalized spacial score (nSPS) is 25.2. The zero-order chi connectivity index (χ0) is 22.6. The van der Waals surface area contributed by atoms with Gasteiger partial charge in [0.15, 0.2) is 0 Å². The minimum Gasteiger partial charge on any atom is -0.285 e. The van der Waals surface area contributed by atoms with Crippen molar-refractivity contribution in [2.75, 3.05) is 7.05 Å². The van der Waals surface area contributed by atoms with Crippen molar-refractivity contribution >= 4 is 23.6 Å². The highest BCUT2D eigenvalue weighted by Gasteiger charge is 2.46. The summed E-state index contributed by atoms with van der Waals surface area (Å²) in [7, 11) is 1.60. The second-order valence-electron chi connectivity index (χ2n) is 9.97. The molecule has 2 rings (SSSR count). The van der Waals surface area contributed by atoms with E-state index in [1.165, 1.54) is 9.80 Å². The Kier molecular flexibility index (Phi) is 9.04. The van der Waals surface area contributed by atoms with Gasteiger partial charge in [0.05, 0.1) is 11.8 Å². The molecule has 6 nitrogen and oxygen atoms in total. The van der Waals surface area contributed by atoms with Gasteiger partial charge in [0.2, 0.25) is 23.6 Å². The standard InChI is InChI=1S/C12H21NO2.C11H19NO2/c1-7(2)6-9-10(8(3)4)12(15)13(5)11(9)14;1-7(2)5-9-6-10(13)12(8(3)4)11(9)14/h7-10H,6H2,1-5H3;7-9H,5-6H2,1-4H3. The van der Waals surface area contributed by atoms with Gasteiger partial charge in [0, 0.05) is 25.4 Å². The third-order valence-electron chi connectivity index (χ3n) is 5.69. The number of amides is 4. The summed E-state index contributed by atoms with van der Waals surface area (Å²) in [6.07, 6.45) is 2.06. The molecule has 0 bridgehead atoms. The molecule has 2 saturated heterocycles. The highest BCUT2D eigenvalue weighted by Crippen LogP contribution is 2.35. The highest BCUT2D eigenvalue weighted by atomic mass is 16.2. The van der Waals surface area contributed by atoms with Crippen LogP contribution in [0.5, 0.6) is 0 Å². The molecule has 0 aromatic rings. The molecule has 0 aromatic carbocycles. The van der Waals surface area contributed by atoms with Crippen LogP contribution in [0.15, 0.2) is 0 Å². The van der Waals surface area contributed by atoms with Crippen LogP contribution < -0.4 is 0 Å². The number of rotatable bonds is 6. The maximum absolute atomic E-state index is 11.9. The molecule has 0 aliphatic carbocycles. The highest BCUT2D eigenvalue weighted by molar-refractivity contribution is 6.05. The van der Waals surface area contributed by atoms with Gasteiger partial charge in [-0.3, -0.25) is 29.0 Å². The molecule has 3 atom stereocenters. The van der Waals surface area contributed by atoms with E-state index in [9.17, 15) is 19.2 Å². The first-order valence-electron chi connectivity index (χ1n) is 11.0. The molecule has 3 unspecified atom stereocenters. The fourth-order valence-corrected chi connectivity index (χ4v) is 4.42. The Morgan fingerprint density at radius 2 is 1.31 bits per heavy atom. The van der Waals surface area contributed by atoms with Gasteiger partial charge >= 0.3 is 0 Å². The fourth-order valence-electron chi connectivity index (χ4n) is 4.42. The van der Waals surface area contributed by atoms with Crippen LogP contribution in [0, 0.1) is 35.5 Å². The lowest BCUT2D eigenvalue weighted by Gasteiger charge is -2.19. The first-order chi connectivity index (χ1) is 13.3. The Labute approximate surface area is 176 Å². The van der Waals surface area contributed by atoms with Crippen molar-refractivity contribution in [2.45, 2.75) is 80.7 Å². The van der Waals surface area contributed by atoms with Crippen molar-refractivity contribution in [1.29, 1.82) is 0 Å². The van der Waals surface area contributed by atoms with Crippen molar-refractivity contribution in [3.05, 3.63) is 0 Å². The first-order valence-corrected chi connectivity index (χ1v) is 11.0. The van der Waals surface area contributed by atoms with Gasteiger partial charge in [-0.2, -0.15) is 0 Å². The summed E-state index contributed by atoms with van der Waals surface area (Å²) in [4.78, 5) is 49.8. The number of imide groups is 2. The van der Waals surface area contributed by atoms with E-state index >= 15 is 0 Å². The van der Waals surface area contributed by atoms with Crippen LogP contribution in [0.3, 0.4) is 0 Å². The van der Waals surface area contributed by atoms with Gasteiger partial charge in [-0.25, -0.2) is 0 Å². The maximum Gasteiger partial charge on any atom is 0.233 e. The monoisotopic (exact) mass is 408 g/mol. The van der Waals surface area contributed by atoms with E-state index in [0.29, 0.717) is 18.3 Å². The third-order valence-corrected chi connectivity index (χ3v) is 5.69. The quantitative estimate of drug-likeness (QED) is 0.628. The van der Waals surface area contributed by atoms with Gasteiger partial charge in [-0.1, -0.05) is 41.5 Å². The van der Waals surface area contributed by atoms with Crippen molar-refractivity contribution in [3.63, 3.8) is 0 Å². The number of nitrogens with zero attached hydrogens (tertiary/aromatic N) is 2. The molecule has 2 aliphatic heterocycles. The molecule has 0 spiro atoms. The third kappa shape index (κ3) is 6.13. The van der Waals surface area contributed by atoms with Crippen LogP contribution in [0.4, 0.5) is 0 Å². The Bertz CT molecular complexity index is 624. The lowest BCUT2D eigenvalue weighted by Crippen LogP contribution is -2.36. The maximum atomic E-state index is 11.9. The summed E-state index contributed by atoms with van der Waals surface area (Å²) in [5.74, 6) is 0.943.